The predicted molar refractivity (Wildman–Crippen MR) is 71.2 cm³/mol. The molecule has 2 aromatic carbocycles. The van der Waals surface area contributed by atoms with E-state index in [1.165, 1.54) is 12.1 Å². The highest BCUT2D eigenvalue weighted by Gasteiger charge is 2.03. The highest BCUT2D eigenvalue weighted by molar-refractivity contribution is 5.83. The maximum absolute atomic E-state index is 12.9. The van der Waals surface area contributed by atoms with Gasteiger partial charge in [-0.25, -0.2) is 4.39 Å². The molecule has 0 unspecified atom stereocenters. The molecular formula is C16H10FN. The molecule has 3 aromatic rings. The van der Waals surface area contributed by atoms with E-state index in [1.54, 1.807) is 12.1 Å². The van der Waals surface area contributed by atoms with Crippen molar-refractivity contribution in [2.45, 2.75) is 0 Å². The van der Waals surface area contributed by atoms with Crippen LogP contribution in [0.25, 0.3) is 16.6 Å². The second-order valence-electron chi connectivity index (χ2n) is 4.08. The molecule has 0 aliphatic rings. The molecule has 0 aliphatic heterocycles. The summed E-state index contributed by atoms with van der Waals surface area (Å²) in [5, 5.41) is 1.08. The van der Waals surface area contributed by atoms with Gasteiger partial charge in [0.25, 0.3) is 0 Å². The number of terminal acetylenes is 1. The summed E-state index contributed by atoms with van der Waals surface area (Å²) in [4.78, 5) is 0. The Kier molecular flexibility index (Phi) is 2.39. The fourth-order valence-corrected chi connectivity index (χ4v) is 2.06. The Balaban J connectivity index is 2.19. The lowest BCUT2D eigenvalue weighted by molar-refractivity contribution is 0.627. The summed E-state index contributed by atoms with van der Waals surface area (Å²) in [6.45, 7) is 0. The van der Waals surface area contributed by atoms with Gasteiger partial charge in [-0.2, -0.15) is 0 Å². The topological polar surface area (TPSA) is 4.93 Å². The second kappa shape index (κ2) is 4.05. The molecule has 0 N–H and O–H groups in total. The van der Waals surface area contributed by atoms with Crippen LogP contribution in [0.15, 0.2) is 54.7 Å². The molecule has 0 fully saturated rings. The van der Waals surface area contributed by atoms with Crippen molar-refractivity contribution >= 4 is 10.9 Å². The van der Waals surface area contributed by atoms with Gasteiger partial charge in [0.15, 0.2) is 0 Å². The highest BCUT2D eigenvalue weighted by atomic mass is 19.1. The maximum atomic E-state index is 12.9. The average molecular weight is 235 g/mol. The molecule has 2 heteroatoms. The number of hydrogen-bond donors (Lipinski definition) is 0. The zero-order chi connectivity index (χ0) is 12.5. The molecule has 0 bridgehead atoms. The van der Waals surface area contributed by atoms with Gasteiger partial charge in [-0.05, 0) is 48.5 Å². The third-order valence-electron chi connectivity index (χ3n) is 2.96. The first-order valence-electron chi connectivity index (χ1n) is 5.61. The molecule has 0 saturated heterocycles. The summed E-state index contributed by atoms with van der Waals surface area (Å²) < 4.78 is 14.9. The van der Waals surface area contributed by atoms with Crippen LogP contribution in [-0.4, -0.2) is 4.57 Å². The smallest absolute Gasteiger partial charge is 0.123 e. The van der Waals surface area contributed by atoms with Crippen molar-refractivity contribution in [1.29, 1.82) is 0 Å². The summed E-state index contributed by atoms with van der Waals surface area (Å²) in [6.07, 6.45) is 7.33. The van der Waals surface area contributed by atoms with E-state index in [9.17, 15) is 4.39 Å². The minimum atomic E-state index is -0.232. The minimum absolute atomic E-state index is 0.232. The standard InChI is InChI=1S/C16H10FN/c1-2-12-3-8-16-13(11-12)9-10-18(16)15-6-4-14(17)5-7-15/h1,3-11H. The van der Waals surface area contributed by atoms with Crippen molar-refractivity contribution in [2.24, 2.45) is 0 Å². The van der Waals surface area contributed by atoms with Crippen LogP contribution >= 0.6 is 0 Å². The summed E-state index contributed by atoms with van der Waals surface area (Å²) in [6, 6.07) is 14.3. The van der Waals surface area contributed by atoms with Crippen molar-refractivity contribution in [3.63, 3.8) is 0 Å². The molecule has 3 rings (SSSR count). The summed E-state index contributed by atoms with van der Waals surface area (Å²) in [5.74, 6) is 2.39. The molecule has 1 nitrogen and oxygen atoms in total. The highest BCUT2D eigenvalue weighted by Crippen LogP contribution is 2.21. The zero-order valence-corrected chi connectivity index (χ0v) is 9.60. The number of fused-ring (bicyclic) bond motifs is 1. The van der Waals surface area contributed by atoms with E-state index in [-0.39, 0.29) is 5.82 Å². The van der Waals surface area contributed by atoms with Gasteiger partial charge in [-0.3, -0.25) is 0 Å². The minimum Gasteiger partial charge on any atom is -0.317 e. The molecular weight excluding hydrogens is 225 g/mol. The SMILES string of the molecule is C#Cc1ccc2c(ccn2-c2ccc(F)cc2)c1. The largest absolute Gasteiger partial charge is 0.317 e. The van der Waals surface area contributed by atoms with Crippen LogP contribution in [0.1, 0.15) is 5.56 Å². The van der Waals surface area contributed by atoms with E-state index in [4.69, 9.17) is 6.42 Å². The molecule has 18 heavy (non-hydrogen) atoms. The first kappa shape index (κ1) is 10.6. The Hall–Kier alpha value is -2.53. The van der Waals surface area contributed by atoms with Crippen LogP contribution in [0.2, 0.25) is 0 Å². The van der Waals surface area contributed by atoms with Crippen LogP contribution in [0, 0.1) is 18.2 Å². The third kappa shape index (κ3) is 1.66. The van der Waals surface area contributed by atoms with Gasteiger partial charge in [0.2, 0.25) is 0 Å². The van der Waals surface area contributed by atoms with Crippen LogP contribution in [0.5, 0.6) is 0 Å². The third-order valence-corrected chi connectivity index (χ3v) is 2.96. The van der Waals surface area contributed by atoms with Crippen LogP contribution in [0.4, 0.5) is 4.39 Å². The van der Waals surface area contributed by atoms with Gasteiger partial charge in [-0.1, -0.05) is 5.92 Å². The normalized spacial score (nSPS) is 10.4. The van der Waals surface area contributed by atoms with Crippen molar-refractivity contribution in [3.8, 4) is 18.0 Å². The quantitative estimate of drug-likeness (QED) is 0.566. The summed E-state index contributed by atoms with van der Waals surface area (Å²) >= 11 is 0. The Morgan fingerprint density at radius 1 is 1.00 bits per heavy atom. The molecule has 0 spiro atoms. The lowest BCUT2D eigenvalue weighted by Crippen LogP contribution is -1.91. The van der Waals surface area contributed by atoms with Crippen LogP contribution in [-0.2, 0) is 0 Å². The molecule has 1 aromatic heterocycles. The van der Waals surface area contributed by atoms with Crippen molar-refractivity contribution in [1.82, 2.24) is 4.57 Å². The second-order valence-corrected chi connectivity index (χ2v) is 4.08. The summed E-state index contributed by atoms with van der Waals surface area (Å²) in [7, 11) is 0. The number of rotatable bonds is 1. The van der Waals surface area contributed by atoms with Crippen molar-refractivity contribution < 1.29 is 4.39 Å². The number of halogens is 1. The van der Waals surface area contributed by atoms with E-state index < -0.39 is 0 Å². The van der Waals surface area contributed by atoms with E-state index in [2.05, 4.69) is 5.92 Å². The van der Waals surface area contributed by atoms with Gasteiger partial charge in [-0.15, -0.1) is 6.42 Å². The summed E-state index contributed by atoms with van der Waals surface area (Å²) in [5.41, 5.74) is 2.85. The number of nitrogens with zero attached hydrogens (tertiary/aromatic N) is 1. The number of hydrogen-bond acceptors (Lipinski definition) is 0. The van der Waals surface area contributed by atoms with Crippen molar-refractivity contribution in [2.75, 3.05) is 0 Å². The van der Waals surface area contributed by atoms with Crippen LogP contribution < -0.4 is 0 Å². The van der Waals surface area contributed by atoms with Gasteiger partial charge in [0.05, 0.1) is 5.52 Å². The van der Waals surface area contributed by atoms with Gasteiger partial charge in [0, 0.05) is 22.8 Å². The fourth-order valence-electron chi connectivity index (χ4n) is 2.06. The van der Waals surface area contributed by atoms with Crippen molar-refractivity contribution in [3.05, 3.63) is 66.1 Å². The van der Waals surface area contributed by atoms with Gasteiger partial charge >= 0.3 is 0 Å². The van der Waals surface area contributed by atoms with Crippen LogP contribution in [0.3, 0.4) is 0 Å². The number of benzene rings is 2. The Morgan fingerprint density at radius 3 is 2.50 bits per heavy atom. The molecule has 86 valence electrons. The monoisotopic (exact) mass is 235 g/mol. The van der Waals surface area contributed by atoms with E-state index in [1.807, 2.05) is 35.0 Å². The first-order chi connectivity index (χ1) is 8.78. The first-order valence-corrected chi connectivity index (χ1v) is 5.61. The molecule has 0 amide bonds. The molecule has 0 aliphatic carbocycles. The molecule has 0 saturated carbocycles. The lowest BCUT2D eigenvalue weighted by atomic mass is 10.1. The fraction of sp³-hybridized carbons (Fsp3) is 0. The Bertz CT molecular complexity index is 745. The van der Waals surface area contributed by atoms with E-state index in [0.717, 1.165) is 22.2 Å². The zero-order valence-electron chi connectivity index (χ0n) is 9.60. The average Bonchev–Trinajstić information content (AvgIpc) is 2.82. The van der Waals surface area contributed by atoms with Gasteiger partial charge < -0.3 is 4.57 Å². The lowest BCUT2D eigenvalue weighted by Gasteiger charge is -2.05. The Morgan fingerprint density at radius 2 is 1.78 bits per heavy atom. The predicted octanol–water partition coefficient (Wildman–Crippen LogP) is 3.75. The molecule has 0 radical (unpaired) electrons. The maximum Gasteiger partial charge on any atom is 0.123 e. The van der Waals surface area contributed by atoms with E-state index >= 15 is 0 Å². The Labute approximate surface area is 104 Å². The van der Waals surface area contributed by atoms with E-state index in [0.29, 0.717) is 0 Å². The van der Waals surface area contributed by atoms with Gasteiger partial charge in [0.1, 0.15) is 5.82 Å². The molecule has 0 atom stereocenters. The molecule has 1 heterocycles. The number of aromatic nitrogens is 1.